The van der Waals surface area contributed by atoms with Gasteiger partial charge in [0.1, 0.15) is 11.9 Å². The van der Waals surface area contributed by atoms with E-state index in [0.29, 0.717) is 5.75 Å². The maximum absolute atomic E-state index is 12.6. The third kappa shape index (κ3) is 7.92. The van der Waals surface area contributed by atoms with Gasteiger partial charge in [-0.3, -0.25) is 0 Å². The molecule has 0 aromatic heterocycles. The zero-order valence-corrected chi connectivity index (χ0v) is 12.7. The molecule has 0 aliphatic carbocycles. The summed E-state index contributed by atoms with van der Waals surface area (Å²) >= 11 is 0. The van der Waals surface area contributed by atoms with Crippen molar-refractivity contribution < 1.29 is 27.7 Å². The molecule has 0 spiro atoms. The van der Waals surface area contributed by atoms with Crippen molar-refractivity contribution in [2.24, 2.45) is 0 Å². The predicted octanol–water partition coefficient (Wildman–Crippen LogP) is 4.31. The van der Waals surface area contributed by atoms with Gasteiger partial charge in [-0.2, -0.15) is 13.2 Å². The Kier molecular flexibility index (Phi) is 6.04. The predicted molar refractivity (Wildman–Crippen MR) is 73.1 cm³/mol. The molecule has 0 N–H and O–H groups in total. The maximum Gasteiger partial charge on any atom is 0.391 e. The molecule has 0 aliphatic heterocycles. The first-order valence-electron chi connectivity index (χ1n) is 6.63. The molecule has 0 radical (unpaired) electrons. The van der Waals surface area contributed by atoms with E-state index in [1.165, 1.54) is 7.11 Å². The minimum absolute atomic E-state index is 0.111. The van der Waals surface area contributed by atoms with E-state index in [-0.39, 0.29) is 6.42 Å². The summed E-state index contributed by atoms with van der Waals surface area (Å²) in [7, 11) is 1.53. The van der Waals surface area contributed by atoms with Crippen LogP contribution in [0.25, 0.3) is 0 Å². The van der Waals surface area contributed by atoms with E-state index in [1.807, 2.05) is 0 Å². The van der Waals surface area contributed by atoms with Gasteiger partial charge in [0.2, 0.25) is 0 Å². The van der Waals surface area contributed by atoms with Crippen LogP contribution in [0.1, 0.15) is 32.8 Å². The smallest absolute Gasteiger partial charge is 0.391 e. The lowest BCUT2D eigenvalue weighted by Crippen LogP contribution is -2.29. The van der Waals surface area contributed by atoms with Crippen LogP contribution < -0.4 is 4.74 Å². The average molecular weight is 306 g/mol. The fourth-order valence-corrected chi connectivity index (χ4v) is 1.64. The van der Waals surface area contributed by atoms with Crippen molar-refractivity contribution in [3.05, 3.63) is 29.8 Å². The standard InChI is InChI=1S/C15H21F3O3/c1-14(2,3)21-20-13(10-15(16,17)18)9-11-5-7-12(19-4)8-6-11/h5-8,13H,9-10H2,1-4H3. The number of rotatable bonds is 6. The largest absolute Gasteiger partial charge is 0.497 e. The molecule has 0 heterocycles. The van der Waals surface area contributed by atoms with E-state index in [2.05, 4.69) is 0 Å². The first-order valence-corrected chi connectivity index (χ1v) is 6.63. The first kappa shape index (κ1) is 17.8. The lowest BCUT2D eigenvalue weighted by atomic mass is 10.1. The summed E-state index contributed by atoms with van der Waals surface area (Å²) in [5, 5.41) is 0. The molecular formula is C15H21F3O3. The van der Waals surface area contributed by atoms with Crippen LogP contribution in [-0.2, 0) is 16.2 Å². The number of alkyl halides is 3. The van der Waals surface area contributed by atoms with E-state index >= 15 is 0 Å². The number of benzene rings is 1. The summed E-state index contributed by atoms with van der Waals surface area (Å²) in [6.45, 7) is 5.14. The maximum atomic E-state index is 12.6. The summed E-state index contributed by atoms with van der Waals surface area (Å²) in [6.07, 6.45) is -6.34. The van der Waals surface area contributed by atoms with Crippen molar-refractivity contribution in [2.75, 3.05) is 7.11 Å². The molecule has 0 fully saturated rings. The third-order valence-electron chi connectivity index (χ3n) is 2.52. The van der Waals surface area contributed by atoms with E-state index in [9.17, 15) is 13.2 Å². The minimum Gasteiger partial charge on any atom is -0.497 e. The fourth-order valence-electron chi connectivity index (χ4n) is 1.64. The van der Waals surface area contributed by atoms with Crippen molar-refractivity contribution in [2.45, 2.75) is 51.5 Å². The lowest BCUT2D eigenvalue weighted by molar-refractivity contribution is -0.381. The molecule has 1 aromatic rings. The third-order valence-corrected chi connectivity index (χ3v) is 2.52. The van der Waals surface area contributed by atoms with Crippen molar-refractivity contribution in [3.8, 4) is 5.75 Å². The molecule has 1 rings (SSSR count). The average Bonchev–Trinajstić information content (AvgIpc) is 2.34. The second kappa shape index (κ2) is 7.13. The van der Waals surface area contributed by atoms with Crippen molar-refractivity contribution in [1.82, 2.24) is 0 Å². The monoisotopic (exact) mass is 306 g/mol. The van der Waals surface area contributed by atoms with E-state index in [4.69, 9.17) is 14.5 Å². The van der Waals surface area contributed by atoms with Crippen molar-refractivity contribution >= 4 is 0 Å². The first-order chi connectivity index (χ1) is 9.59. The van der Waals surface area contributed by atoms with Gasteiger partial charge < -0.3 is 4.74 Å². The van der Waals surface area contributed by atoms with Crippen LogP contribution in [0.15, 0.2) is 24.3 Å². The van der Waals surface area contributed by atoms with Gasteiger partial charge in [0, 0.05) is 6.42 Å². The molecule has 0 saturated carbocycles. The highest BCUT2D eigenvalue weighted by molar-refractivity contribution is 5.27. The van der Waals surface area contributed by atoms with Gasteiger partial charge in [-0.25, -0.2) is 9.78 Å². The quantitative estimate of drug-likeness (QED) is 0.579. The molecule has 1 atom stereocenters. The number of methoxy groups -OCH3 is 1. The van der Waals surface area contributed by atoms with Crippen LogP contribution in [0, 0.1) is 0 Å². The summed E-state index contributed by atoms with van der Waals surface area (Å²) in [4.78, 5) is 10.0. The van der Waals surface area contributed by atoms with E-state index in [0.717, 1.165) is 5.56 Å². The zero-order valence-electron chi connectivity index (χ0n) is 12.7. The molecule has 0 saturated heterocycles. The summed E-state index contributed by atoms with van der Waals surface area (Å²) < 4.78 is 42.8. The fraction of sp³-hybridized carbons (Fsp3) is 0.600. The Bertz CT molecular complexity index is 421. The molecule has 0 bridgehead atoms. The molecule has 1 unspecified atom stereocenters. The van der Waals surface area contributed by atoms with Gasteiger partial charge in [-0.15, -0.1) is 0 Å². The summed E-state index contributed by atoms with van der Waals surface area (Å²) in [5.41, 5.74) is 0.0617. The van der Waals surface area contributed by atoms with Gasteiger partial charge in [0.05, 0.1) is 19.1 Å². The van der Waals surface area contributed by atoms with Gasteiger partial charge in [0.15, 0.2) is 0 Å². The second-order valence-corrected chi connectivity index (χ2v) is 5.79. The normalized spacial score (nSPS) is 14.0. The Balaban J connectivity index is 2.70. The van der Waals surface area contributed by atoms with Crippen molar-refractivity contribution in [1.29, 1.82) is 0 Å². The molecule has 0 aliphatic rings. The second-order valence-electron chi connectivity index (χ2n) is 5.79. The number of halogens is 3. The number of ether oxygens (including phenoxy) is 1. The van der Waals surface area contributed by atoms with Gasteiger partial charge in [-0.1, -0.05) is 12.1 Å². The molecule has 1 aromatic carbocycles. The SMILES string of the molecule is COc1ccc(CC(CC(F)(F)F)OOC(C)(C)C)cc1. The van der Waals surface area contributed by atoms with Gasteiger partial charge in [-0.05, 0) is 38.5 Å². The highest BCUT2D eigenvalue weighted by Gasteiger charge is 2.34. The van der Waals surface area contributed by atoms with Crippen LogP contribution in [-0.4, -0.2) is 25.0 Å². The Hall–Kier alpha value is -1.27. The Morgan fingerprint density at radius 3 is 2.05 bits per heavy atom. The molecule has 0 amide bonds. The van der Waals surface area contributed by atoms with Crippen LogP contribution >= 0.6 is 0 Å². The van der Waals surface area contributed by atoms with E-state index < -0.39 is 24.3 Å². The number of hydrogen-bond donors (Lipinski definition) is 0. The highest BCUT2D eigenvalue weighted by Crippen LogP contribution is 2.26. The molecule has 3 nitrogen and oxygen atoms in total. The summed E-state index contributed by atoms with van der Waals surface area (Å²) in [5.74, 6) is 0.651. The van der Waals surface area contributed by atoms with Crippen LogP contribution in [0.5, 0.6) is 5.75 Å². The number of hydrogen-bond acceptors (Lipinski definition) is 3. The summed E-state index contributed by atoms with van der Waals surface area (Å²) in [6, 6.07) is 6.82. The van der Waals surface area contributed by atoms with Crippen LogP contribution in [0.4, 0.5) is 13.2 Å². The lowest BCUT2D eigenvalue weighted by Gasteiger charge is -2.24. The van der Waals surface area contributed by atoms with Crippen molar-refractivity contribution in [3.63, 3.8) is 0 Å². The molecular weight excluding hydrogens is 285 g/mol. The molecule has 21 heavy (non-hydrogen) atoms. The topological polar surface area (TPSA) is 27.7 Å². The van der Waals surface area contributed by atoms with E-state index in [1.54, 1.807) is 45.0 Å². The Morgan fingerprint density at radius 2 is 1.62 bits per heavy atom. The Labute approximate surface area is 122 Å². The van der Waals surface area contributed by atoms with Gasteiger partial charge in [0.25, 0.3) is 0 Å². The zero-order chi connectivity index (χ0) is 16.1. The van der Waals surface area contributed by atoms with Crippen LogP contribution in [0.2, 0.25) is 0 Å². The highest BCUT2D eigenvalue weighted by atomic mass is 19.4. The van der Waals surface area contributed by atoms with Gasteiger partial charge >= 0.3 is 6.18 Å². The minimum atomic E-state index is -4.31. The molecule has 120 valence electrons. The molecule has 6 heteroatoms. The Morgan fingerprint density at radius 1 is 1.05 bits per heavy atom. The van der Waals surface area contributed by atoms with Crippen LogP contribution in [0.3, 0.4) is 0 Å².